The van der Waals surface area contributed by atoms with Crippen LogP contribution in [0.3, 0.4) is 0 Å². The Labute approximate surface area is 200 Å². The smallest absolute Gasteiger partial charge is 0.397 e. The lowest BCUT2D eigenvalue weighted by atomic mass is 10.1. The first-order valence-corrected chi connectivity index (χ1v) is 12.3. The quantitative estimate of drug-likeness (QED) is 0.260. The van der Waals surface area contributed by atoms with Crippen molar-refractivity contribution < 1.29 is 26.1 Å². The van der Waals surface area contributed by atoms with E-state index in [9.17, 15) is 8.42 Å². The lowest BCUT2D eigenvalue weighted by Gasteiger charge is -2.04. The fourth-order valence-electron chi connectivity index (χ4n) is 3.46. The summed E-state index contributed by atoms with van der Waals surface area (Å²) in [5.74, 6) is 0.846. The normalized spacial score (nSPS) is 11.7. The van der Waals surface area contributed by atoms with Gasteiger partial charge in [-0.25, -0.2) is 4.18 Å². The molecule has 0 aliphatic carbocycles. The van der Waals surface area contributed by atoms with E-state index in [1.54, 1.807) is 0 Å². The van der Waals surface area contributed by atoms with Gasteiger partial charge in [-0.3, -0.25) is 4.55 Å². The van der Waals surface area contributed by atoms with Crippen molar-refractivity contribution >= 4 is 33.3 Å². The Morgan fingerprint density at radius 3 is 2.21 bits per heavy atom. The minimum atomic E-state index is -4.17. The Bertz CT molecular complexity index is 1350. The second-order valence-corrected chi connectivity index (χ2v) is 8.48. The molecule has 34 heavy (non-hydrogen) atoms. The SMILES string of the molecule is CCOS(=O)(=O)O.CC[n+]1c(/C=C(/C)Nc2ccccc2)oc2ccc(-c3ccccc3)cc21. The summed E-state index contributed by atoms with van der Waals surface area (Å²) in [5, 5.41) is 3.41. The summed E-state index contributed by atoms with van der Waals surface area (Å²) >= 11 is 0. The number of hydrogen-bond acceptors (Lipinski definition) is 5. The number of allylic oxidation sites excluding steroid dienone is 1. The summed E-state index contributed by atoms with van der Waals surface area (Å²) in [5.41, 5.74) is 6.51. The molecule has 2 N–H and O–H groups in total. The molecule has 0 atom stereocenters. The molecule has 1 aromatic heterocycles. The summed E-state index contributed by atoms with van der Waals surface area (Å²) in [6.07, 6.45) is 2.05. The topological polar surface area (TPSA) is 92.7 Å². The minimum absolute atomic E-state index is 0.0289. The van der Waals surface area contributed by atoms with Gasteiger partial charge in [0.2, 0.25) is 5.58 Å². The molecule has 0 spiro atoms. The highest BCUT2D eigenvalue weighted by atomic mass is 32.3. The van der Waals surface area contributed by atoms with Crippen LogP contribution < -0.4 is 9.88 Å². The van der Waals surface area contributed by atoms with Gasteiger partial charge in [0.25, 0.3) is 5.52 Å². The van der Waals surface area contributed by atoms with Crippen LogP contribution in [0.1, 0.15) is 26.7 Å². The molecular weight excluding hydrogens is 452 g/mol. The van der Waals surface area contributed by atoms with Crippen LogP contribution in [-0.2, 0) is 21.1 Å². The van der Waals surface area contributed by atoms with Crippen molar-refractivity contribution in [2.45, 2.75) is 27.3 Å². The van der Waals surface area contributed by atoms with Crippen LogP contribution in [0.4, 0.5) is 5.69 Å². The molecule has 3 aromatic carbocycles. The van der Waals surface area contributed by atoms with Gasteiger partial charge in [-0.15, -0.1) is 0 Å². The van der Waals surface area contributed by atoms with E-state index in [0.29, 0.717) is 0 Å². The van der Waals surface area contributed by atoms with Gasteiger partial charge < -0.3 is 9.73 Å². The average molecular weight is 482 g/mol. The Kier molecular flexibility index (Phi) is 8.59. The van der Waals surface area contributed by atoms with Crippen molar-refractivity contribution in [1.29, 1.82) is 0 Å². The van der Waals surface area contributed by atoms with E-state index in [-0.39, 0.29) is 6.61 Å². The van der Waals surface area contributed by atoms with E-state index in [0.717, 1.165) is 34.9 Å². The van der Waals surface area contributed by atoms with Crippen molar-refractivity contribution in [1.82, 2.24) is 0 Å². The second kappa shape index (κ2) is 11.6. The lowest BCUT2D eigenvalue weighted by Crippen LogP contribution is -2.33. The molecule has 0 amide bonds. The van der Waals surface area contributed by atoms with Crippen LogP contribution in [0.25, 0.3) is 28.3 Å². The third kappa shape index (κ3) is 7.02. The molecule has 0 saturated carbocycles. The fraction of sp³-hybridized carbons (Fsp3) is 0.192. The molecule has 0 radical (unpaired) electrons. The maximum absolute atomic E-state index is 9.56. The Morgan fingerprint density at radius 2 is 1.65 bits per heavy atom. The summed E-state index contributed by atoms with van der Waals surface area (Å²) in [6, 6.07) is 27.0. The Balaban J connectivity index is 0.000000406. The van der Waals surface area contributed by atoms with E-state index < -0.39 is 10.4 Å². The van der Waals surface area contributed by atoms with Gasteiger partial charge in [0.15, 0.2) is 0 Å². The van der Waals surface area contributed by atoms with Crippen LogP contribution in [-0.4, -0.2) is 19.6 Å². The zero-order valence-corrected chi connectivity index (χ0v) is 20.2. The minimum Gasteiger partial charge on any atom is -0.398 e. The number of hydrogen-bond donors (Lipinski definition) is 2. The van der Waals surface area contributed by atoms with Gasteiger partial charge in [0, 0.05) is 17.5 Å². The van der Waals surface area contributed by atoms with Crippen LogP contribution >= 0.6 is 0 Å². The van der Waals surface area contributed by atoms with Crippen LogP contribution in [0.2, 0.25) is 0 Å². The predicted octanol–water partition coefficient (Wildman–Crippen LogP) is 5.71. The summed E-state index contributed by atoms with van der Waals surface area (Å²) < 4.78 is 39.0. The number of nitrogens with zero attached hydrogens (tertiary/aromatic N) is 1. The molecule has 8 heteroatoms. The number of benzene rings is 3. The molecule has 4 rings (SSSR count). The molecule has 0 saturated heterocycles. The van der Waals surface area contributed by atoms with Crippen molar-refractivity contribution in [3.8, 4) is 11.1 Å². The molecule has 0 bridgehead atoms. The highest BCUT2D eigenvalue weighted by Gasteiger charge is 2.20. The predicted molar refractivity (Wildman–Crippen MR) is 134 cm³/mol. The maximum atomic E-state index is 9.56. The highest BCUT2D eigenvalue weighted by Crippen LogP contribution is 2.24. The maximum Gasteiger partial charge on any atom is 0.397 e. The summed E-state index contributed by atoms with van der Waals surface area (Å²) in [7, 11) is -4.17. The van der Waals surface area contributed by atoms with Gasteiger partial charge in [-0.2, -0.15) is 13.0 Å². The monoisotopic (exact) mass is 481 g/mol. The molecule has 178 valence electrons. The van der Waals surface area contributed by atoms with Crippen molar-refractivity contribution in [2.75, 3.05) is 11.9 Å². The average Bonchev–Trinajstić information content (AvgIpc) is 3.15. The first-order chi connectivity index (χ1) is 16.3. The summed E-state index contributed by atoms with van der Waals surface area (Å²) in [4.78, 5) is 0. The number of nitrogens with one attached hydrogen (secondary N) is 1. The molecule has 0 fully saturated rings. The van der Waals surface area contributed by atoms with Crippen LogP contribution in [0, 0.1) is 0 Å². The molecule has 4 aromatic rings. The number of anilines is 1. The molecular formula is C26H29N2O5S+. The molecule has 0 aliphatic rings. The number of para-hydroxylation sites is 1. The highest BCUT2D eigenvalue weighted by molar-refractivity contribution is 7.80. The number of aryl methyl sites for hydroxylation is 1. The van der Waals surface area contributed by atoms with Crippen molar-refractivity contribution in [3.05, 3.63) is 90.5 Å². The zero-order valence-electron chi connectivity index (χ0n) is 19.4. The molecule has 7 nitrogen and oxygen atoms in total. The number of aromatic nitrogens is 1. The number of rotatable bonds is 7. The van der Waals surface area contributed by atoms with E-state index in [1.807, 2.05) is 24.3 Å². The zero-order chi connectivity index (χ0) is 24.6. The van der Waals surface area contributed by atoms with E-state index in [1.165, 1.54) is 18.1 Å². The van der Waals surface area contributed by atoms with Gasteiger partial charge in [0.05, 0.1) is 12.7 Å². The van der Waals surface area contributed by atoms with E-state index in [4.69, 9.17) is 8.97 Å². The van der Waals surface area contributed by atoms with Gasteiger partial charge in [-0.1, -0.05) is 54.6 Å². The first kappa shape index (κ1) is 25.2. The number of fused-ring (bicyclic) bond motifs is 1. The van der Waals surface area contributed by atoms with Gasteiger partial charge in [0.1, 0.15) is 6.54 Å². The van der Waals surface area contributed by atoms with E-state index in [2.05, 4.69) is 88.6 Å². The van der Waals surface area contributed by atoms with Crippen molar-refractivity contribution in [3.63, 3.8) is 0 Å². The third-order valence-electron chi connectivity index (χ3n) is 4.88. The lowest BCUT2D eigenvalue weighted by molar-refractivity contribution is -0.674. The van der Waals surface area contributed by atoms with Gasteiger partial charge in [-0.05, 0) is 50.1 Å². The van der Waals surface area contributed by atoms with Crippen LogP contribution in [0.15, 0.2) is 89.0 Å². The van der Waals surface area contributed by atoms with Gasteiger partial charge >= 0.3 is 16.3 Å². The van der Waals surface area contributed by atoms with E-state index >= 15 is 0 Å². The summed E-state index contributed by atoms with van der Waals surface area (Å²) in [6.45, 7) is 6.47. The molecule has 0 aliphatic heterocycles. The fourth-order valence-corrected chi connectivity index (χ4v) is 3.76. The van der Waals surface area contributed by atoms with Crippen molar-refractivity contribution in [2.24, 2.45) is 0 Å². The standard InChI is InChI=1S/C24H22N2O.C2H6O4S/c1-3-26-22-17-20(19-10-6-4-7-11-19)14-15-23(22)27-24(26)16-18(2)25-21-12-8-5-9-13-21;1-2-6-7(3,4)5/h4-17H,3H2,1-2H3;2H2,1H3,(H,3,4,5)/p+1. The Hall–Kier alpha value is -3.46. The Morgan fingerprint density at radius 1 is 1.00 bits per heavy atom. The third-order valence-corrected chi connectivity index (χ3v) is 5.41. The number of oxazole rings is 1. The second-order valence-electron chi connectivity index (χ2n) is 7.39. The molecule has 0 unspecified atom stereocenters. The largest absolute Gasteiger partial charge is 0.398 e. The van der Waals surface area contributed by atoms with Crippen LogP contribution in [0.5, 0.6) is 0 Å². The first-order valence-electron chi connectivity index (χ1n) is 10.9. The molecule has 1 heterocycles.